The molecular formula is C20H25Cl2N5O2S. The van der Waals surface area contributed by atoms with E-state index in [2.05, 4.69) is 20.8 Å². The van der Waals surface area contributed by atoms with E-state index in [1.807, 2.05) is 56.4 Å². The number of hydrogen-bond acceptors (Lipinski definition) is 7. The molecule has 1 heterocycles. The number of thioether (sulfide) groups is 1. The molecule has 2 aromatic carbocycles. The Kier molecular flexibility index (Phi) is 10.2. The molecule has 0 aliphatic carbocycles. The number of aromatic nitrogens is 4. The van der Waals surface area contributed by atoms with Gasteiger partial charge in [-0.15, -0.1) is 17.5 Å². The van der Waals surface area contributed by atoms with Crippen molar-refractivity contribution in [3.8, 4) is 11.5 Å². The second kappa shape index (κ2) is 12.6. The fraction of sp³-hybridized carbons (Fsp3) is 0.350. The normalized spacial score (nSPS) is 10.5. The number of aryl methyl sites for hydroxylation is 1. The average Bonchev–Trinajstić information content (AvgIpc) is 3.13. The third-order valence-electron chi connectivity index (χ3n) is 4.04. The van der Waals surface area contributed by atoms with Crippen LogP contribution in [-0.4, -0.2) is 39.1 Å². The molecule has 7 nitrogen and oxygen atoms in total. The van der Waals surface area contributed by atoms with Crippen LogP contribution in [-0.2, 0) is 20.2 Å². The number of hydrogen-bond donors (Lipinski definition) is 1. The molecule has 0 saturated carbocycles. The Morgan fingerprint density at radius 1 is 1.07 bits per heavy atom. The molecule has 0 aliphatic rings. The molecule has 30 heavy (non-hydrogen) atoms. The molecule has 0 radical (unpaired) electrons. The molecule has 0 saturated heterocycles. The van der Waals surface area contributed by atoms with Crippen molar-refractivity contribution in [2.45, 2.75) is 25.2 Å². The Bertz CT molecular complexity index is 908. The summed E-state index contributed by atoms with van der Waals surface area (Å²) in [4.78, 5) is 0. The molecule has 0 atom stereocenters. The van der Waals surface area contributed by atoms with Gasteiger partial charge in [-0.3, -0.25) is 0 Å². The minimum atomic E-state index is 0. The van der Waals surface area contributed by atoms with E-state index < -0.39 is 0 Å². The Morgan fingerprint density at radius 3 is 2.53 bits per heavy atom. The predicted octanol–water partition coefficient (Wildman–Crippen LogP) is 4.14. The average molecular weight is 470 g/mol. The van der Waals surface area contributed by atoms with E-state index in [4.69, 9.17) is 21.1 Å². The molecule has 0 unspecified atom stereocenters. The molecule has 0 aliphatic heterocycles. The molecule has 1 aromatic heterocycles. The van der Waals surface area contributed by atoms with Gasteiger partial charge in [0.25, 0.3) is 0 Å². The van der Waals surface area contributed by atoms with Gasteiger partial charge >= 0.3 is 0 Å². The SMILES string of the molecule is CCOc1cc(CNCCSc2nnnn2C)ccc1OCc1ccc(Cl)cc1.Cl. The van der Waals surface area contributed by atoms with Crippen molar-refractivity contribution < 1.29 is 9.47 Å². The summed E-state index contributed by atoms with van der Waals surface area (Å²) in [6.45, 7) is 4.59. The number of rotatable bonds is 11. The summed E-state index contributed by atoms with van der Waals surface area (Å²) < 4.78 is 13.4. The zero-order valence-electron chi connectivity index (χ0n) is 16.9. The maximum Gasteiger partial charge on any atom is 0.209 e. The highest BCUT2D eigenvalue weighted by Crippen LogP contribution is 2.29. The Morgan fingerprint density at radius 2 is 1.83 bits per heavy atom. The monoisotopic (exact) mass is 469 g/mol. The van der Waals surface area contributed by atoms with Gasteiger partial charge in [0, 0.05) is 30.9 Å². The maximum absolute atomic E-state index is 5.95. The predicted molar refractivity (Wildman–Crippen MR) is 122 cm³/mol. The summed E-state index contributed by atoms with van der Waals surface area (Å²) in [5, 5.41) is 16.4. The van der Waals surface area contributed by atoms with Crippen LogP contribution in [0, 0.1) is 0 Å². The molecular weight excluding hydrogens is 445 g/mol. The molecule has 10 heteroatoms. The van der Waals surface area contributed by atoms with Gasteiger partial charge in [0.1, 0.15) is 6.61 Å². The first-order chi connectivity index (χ1) is 14.2. The van der Waals surface area contributed by atoms with Crippen molar-refractivity contribution in [3.63, 3.8) is 0 Å². The first-order valence-electron chi connectivity index (χ1n) is 9.34. The van der Waals surface area contributed by atoms with Crippen molar-refractivity contribution in [2.24, 2.45) is 7.05 Å². The highest BCUT2D eigenvalue weighted by molar-refractivity contribution is 7.99. The number of nitrogens with one attached hydrogen (secondary N) is 1. The third kappa shape index (κ3) is 7.36. The van der Waals surface area contributed by atoms with E-state index in [0.29, 0.717) is 18.2 Å². The summed E-state index contributed by atoms with van der Waals surface area (Å²) in [5.74, 6) is 2.37. The van der Waals surface area contributed by atoms with Crippen LogP contribution >= 0.6 is 35.8 Å². The second-order valence-electron chi connectivity index (χ2n) is 6.24. The van der Waals surface area contributed by atoms with Gasteiger partial charge in [-0.05, 0) is 52.7 Å². The fourth-order valence-electron chi connectivity index (χ4n) is 2.58. The molecule has 1 N–H and O–H groups in total. The van der Waals surface area contributed by atoms with Crippen LogP contribution in [0.5, 0.6) is 11.5 Å². The van der Waals surface area contributed by atoms with E-state index in [9.17, 15) is 0 Å². The lowest BCUT2D eigenvalue weighted by molar-refractivity contribution is 0.269. The van der Waals surface area contributed by atoms with Crippen molar-refractivity contribution in [1.82, 2.24) is 25.5 Å². The first-order valence-corrected chi connectivity index (χ1v) is 10.7. The van der Waals surface area contributed by atoms with E-state index in [1.54, 1.807) is 16.4 Å². The molecule has 0 spiro atoms. The van der Waals surface area contributed by atoms with Gasteiger partial charge in [0.2, 0.25) is 5.16 Å². The van der Waals surface area contributed by atoms with Crippen molar-refractivity contribution >= 4 is 35.8 Å². The number of benzene rings is 2. The molecule has 0 amide bonds. The topological polar surface area (TPSA) is 74.1 Å². The molecule has 3 rings (SSSR count). The Labute approximate surface area is 191 Å². The summed E-state index contributed by atoms with van der Waals surface area (Å²) >= 11 is 7.55. The summed E-state index contributed by atoms with van der Waals surface area (Å²) in [7, 11) is 1.83. The molecule has 0 bridgehead atoms. The number of ether oxygens (including phenoxy) is 2. The zero-order chi connectivity index (χ0) is 20.5. The van der Waals surface area contributed by atoms with E-state index >= 15 is 0 Å². The van der Waals surface area contributed by atoms with Crippen LogP contribution in [0.2, 0.25) is 5.02 Å². The molecule has 162 valence electrons. The van der Waals surface area contributed by atoms with Gasteiger partial charge in [-0.2, -0.15) is 0 Å². The Hall–Kier alpha value is -2.00. The van der Waals surface area contributed by atoms with Crippen LogP contribution in [0.3, 0.4) is 0 Å². The number of tetrazole rings is 1. The highest BCUT2D eigenvalue weighted by atomic mass is 35.5. The number of nitrogens with zero attached hydrogens (tertiary/aromatic N) is 4. The van der Waals surface area contributed by atoms with Gasteiger partial charge in [0.15, 0.2) is 11.5 Å². The summed E-state index contributed by atoms with van der Waals surface area (Å²) in [6.07, 6.45) is 0. The minimum Gasteiger partial charge on any atom is -0.490 e. The van der Waals surface area contributed by atoms with Crippen molar-refractivity contribution in [3.05, 3.63) is 58.6 Å². The Balaban J connectivity index is 0.00000320. The lowest BCUT2D eigenvalue weighted by atomic mass is 10.2. The highest BCUT2D eigenvalue weighted by Gasteiger charge is 2.08. The van der Waals surface area contributed by atoms with E-state index in [0.717, 1.165) is 46.6 Å². The molecule has 0 fully saturated rings. The quantitative estimate of drug-likeness (QED) is 0.334. The zero-order valence-corrected chi connectivity index (χ0v) is 19.3. The van der Waals surface area contributed by atoms with Crippen LogP contribution in [0.15, 0.2) is 47.6 Å². The summed E-state index contributed by atoms with van der Waals surface area (Å²) in [6, 6.07) is 13.7. The summed E-state index contributed by atoms with van der Waals surface area (Å²) in [5.41, 5.74) is 2.19. The lowest BCUT2D eigenvalue weighted by Crippen LogP contribution is -2.17. The van der Waals surface area contributed by atoms with Gasteiger partial charge in [-0.25, -0.2) is 4.68 Å². The van der Waals surface area contributed by atoms with Crippen molar-refractivity contribution in [2.75, 3.05) is 18.9 Å². The van der Waals surface area contributed by atoms with E-state index in [-0.39, 0.29) is 12.4 Å². The van der Waals surface area contributed by atoms with E-state index in [1.165, 1.54) is 0 Å². The van der Waals surface area contributed by atoms with Gasteiger partial charge in [-0.1, -0.05) is 41.6 Å². The third-order valence-corrected chi connectivity index (χ3v) is 5.30. The second-order valence-corrected chi connectivity index (χ2v) is 7.74. The van der Waals surface area contributed by atoms with Crippen molar-refractivity contribution in [1.29, 1.82) is 0 Å². The fourth-order valence-corrected chi connectivity index (χ4v) is 3.45. The van der Waals surface area contributed by atoms with Crippen LogP contribution in [0.4, 0.5) is 0 Å². The molecule has 3 aromatic rings. The lowest BCUT2D eigenvalue weighted by Gasteiger charge is -2.14. The van der Waals surface area contributed by atoms with Gasteiger partial charge < -0.3 is 14.8 Å². The minimum absolute atomic E-state index is 0. The standard InChI is InChI=1S/C20H24ClN5O2S.ClH/c1-3-27-19-12-16(13-22-10-11-29-20-23-24-25-26(20)2)6-9-18(19)28-14-15-4-7-17(21)8-5-15;/h4-9,12,22H,3,10-11,13-14H2,1-2H3;1H. The van der Waals surface area contributed by atoms with Crippen LogP contribution in [0.1, 0.15) is 18.1 Å². The largest absolute Gasteiger partial charge is 0.490 e. The first kappa shape index (κ1) is 24.3. The van der Waals surface area contributed by atoms with Crippen LogP contribution < -0.4 is 14.8 Å². The number of halogens is 2. The van der Waals surface area contributed by atoms with Gasteiger partial charge in [0.05, 0.1) is 6.61 Å². The maximum atomic E-state index is 5.95. The smallest absolute Gasteiger partial charge is 0.209 e. The van der Waals surface area contributed by atoms with Crippen LogP contribution in [0.25, 0.3) is 0 Å².